The Kier molecular flexibility index (Phi) is 2.90. The van der Waals surface area contributed by atoms with Crippen molar-refractivity contribution in [2.45, 2.75) is 13.8 Å². The maximum Gasteiger partial charge on any atom is 0.445 e. The van der Waals surface area contributed by atoms with Crippen LogP contribution in [0.1, 0.15) is 11.4 Å². The molecule has 0 fully saturated rings. The molecular weight excluding hydrogens is 256 g/mol. The third kappa shape index (κ3) is 2.23. The topological polar surface area (TPSA) is 73.8 Å². The zero-order valence-electron chi connectivity index (χ0n) is 11.1. The molecule has 3 aromatic rings. The van der Waals surface area contributed by atoms with Crippen molar-refractivity contribution in [1.82, 2.24) is 19.7 Å². The van der Waals surface area contributed by atoms with Crippen molar-refractivity contribution in [2.75, 3.05) is 0 Å². The van der Waals surface area contributed by atoms with Crippen LogP contribution in [0.4, 0.5) is 0 Å². The fraction of sp³-hybridized carbons (Fsp3) is 0.143. The molecular formula is C14H12N4O2. The van der Waals surface area contributed by atoms with E-state index in [1.165, 1.54) is 0 Å². The Morgan fingerprint density at radius 2 is 1.70 bits per heavy atom. The van der Waals surface area contributed by atoms with Gasteiger partial charge in [-0.2, -0.15) is 0 Å². The van der Waals surface area contributed by atoms with E-state index in [9.17, 15) is 4.79 Å². The molecule has 0 spiro atoms. The van der Waals surface area contributed by atoms with Crippen molar-refractivity contribution in [3.8, 4) is 17.4 Å². The lowest BCUT2D eigenvalue weighted by Gasteiger charge is -2.00. The molecule has 6 heteroatoms. The summed E-state index contributed by atoms with van der Waals surface area (Å²) in [4.78, 5) is 20.3. The van der Waals surface area contributed by atoms with Crippen LogP contribution in [-0.4, -0.2) is 19.7 Å². The Bertz CT molecular complexity index is 785. The second-order valence-electron chi connectivity index (χ2n) is 4.40. The summed E-state index contributed by atoms with van der Waals surface area (Å²) in [6.45, 7) is 3.67. The molecule has 0 aliphatic rings. The molecule has 2 aromatic heterocycles. The first-order valence-electron chi connectivity index (χ1n) is 6.12. The number of aromatic nitrogens is 4. The quantitative estimate of drug-likeness (QED) is 0.709. The lowest BCUT2D eigenvalue weighted by Crippen LogP contribution is -2.17. The molecule has 0 bridgehead atoms. The fourth-order valence-electron chi connectivity index (χ4n) is 1.90. The summed E-state index contributed by atoms with van der Waals surface area (Å²) in [7, 11) is 0. The average Bonchev–Trinajstić information content (AvgIpc) is 2.81. The van der Waals surface area contributed by atoms with E-state index in [2.05, 4.69) is 15.1 Å². The van der Waals surface area contributed by atoms with Gasteiger partial charge in [-0.15, -0.1) is 9.78 Å². The highest BCUT2D eigenvalue weighted by Gasteiger charge is 2.14. The van der Waals surface area contributed by atoms with Gasteiger partial charge in [-0.1, -0.05) is 18.2 Å². The minimum absolute atomic E-state index is 0.221. The van der Waals surface area contributed by atoms with E-state index >= 15 is 0 Å². The summed E-state index contributed by atoms with van der Waals surface area (Å²) in [6.07, 6.45) is 0. The fourth-order valence-corrected chi connectivity index (χ4v) is 1.90. The van der Waals surface area contributed by atoms with Gasteiger partial charge in [0.25, 0.3) is 5.95 Å². The van der Waals surface area contributed by atoms with Crippen molar-refractivity contribution in [2.24, 2.45) is 0 Å². The minimum atomic E-state index is -0.603. The molecule has 6 nitrogen and oxygen atoms in total. The lowest BCUT2D eigenvalue weighted by atomic mass is 10.2. The Morgan fingerprint density at radius 1 is 1.05 bits per heavy atom. The monoisotopic (exact) mass is 268 g/mol. The van der Waals surface area contributed by atoms with Crippen LogP contribution in [0.15, 0.2) is 45.6 Å². The number of nitrogens with zero attached hydrogens (tertiary/aromatic N) is 4. The molecule has 20 heavy (non-hydrogen) atoms. The molecule has 0 aliphatic carbocycles. The number of hydrogen-bond donors (Lipinski definition) is 0. The summed E-state index contributed by atoms with van der Waals surface area (Å²) in [5.41, 5.74) is 2.26. The molecule has 0 saturated heterocycles. The van der Waals surface area contributed by atoms with Crippen molar-refractivity contribution in [3.05, 3.63) is 58.3 Å². The van der Waals surface area contributed by atoms with Gasteiger partial charge < -0.3 is 4.42 Å². The third-order valence-corrected chi connectivity index (χ3v) is 2.73. The van der Waals surface area contributed by atoms with E-state index in [1.54, 1.807) is 0 Å². The highest BCUT2D eigenvalue weighted by Crippen LogP contribution is 2.14. The maximum atomic E-state index is 11.9. The Balaban J connectivity index is 2.12. The summed E-state index contributed by atoms with van der Waals surface area (Å²) in [6, 6.07) is 11.0. The van der Waals surface area contributed by atoms with Crippen molar-refractivity contribution >= 4 is 0 Å². The van der Waals surface area contributed by atoms with Crippen molar-refractivity contribution in [3.63, 3.8) is 0 Å². The predicted molar refractivity (Wildman–Crippen MR) is 72.6 cm³/mol. The van der Waals surface area contributed by atoms with Crippen LogP contribution in [0, 0.1) is 13.8 Å². The number of benzene rings is 1. The normalized spacial score (nSPS) is 10.7. The molecule has 0 saturated carbocycles. The zero-order valence-corrected chi connectivity index (χ0v) is 11.1. The number of aryl methyl sites for hydroxylation is 2. The van der Waals surface area contributed by atoms with E-state index in [4.69, 9.17) is 4.42 Å². The molecule has 2 heterocycles. The summed E-state index contributed by atoms with van der Waals surface area (Å²) in [5, 5.41) is 4.14. The van der Waals surface area contributed by atoms with Gasteiger partial charge in [-0.05, 0) is 32.0 Å². The van der Waals surface area contributed by atoms with Crippen LogP contribution in [-0.2, 0) is 0 Å². The molecule has 1 aromatic carbocycles. The van der Waals surface area contributed by atoms with Gasteiger partial charge in [-0.25, -0.2) is 14.8 Å². The summed E-state index contributed by atoms with van der Waals surface area (Å²) >= 11 is 0. The molecule has 0 amide bonds. The van der Waals surface area contributed by atoms with Gasteiger partial charge in [0.1, 0.15) is 0 Å². The molecule has 0 unspecified atom stereocenters. The van der Waals surface area contributed by atoms with Gasteiger partial charge in [0.15, 0.2) is 0 Å². The summed E-state index contributed by atoms with van der Waals surface area (Å²) in [5.74, 6) is -0.134. The summed E-state index contributed by atoms with van der Waals surface area (Å²) < 4.78 is 6.22. The highest BCUT2D eigenvalue weighted by atomic mass is 16.4. The van der Waals surface area contributed by atoms with E-state index < -0.39 is 5.76 Å². The smallest absolute Gasteiger partial charge is 0.387 e. The molecule has 0 atom stereocenters. The largest absolute Gasteiger partial charge is 0.445 e. The van der Waals surface area contributed by atoms with Crippen LogP contribution in [0.25, 0.3) is 17.4 Å². The van der Waals surface area contributed by atoms with Gasteiger partial charge in [0, 0.05) is 17.0 Å². The third-order valence-electron chi connectivity index (χ3n) is 2.73. The van der Waals surface area contributed by atoms with Crippen LogP contribution in [0.5, 0.6) is 0 Å². The number of rotatable bonds is 2. The number of hydrogen-bond acceptors (Lipinski definition) is 5. The molecule has 0 aliphatic heterocycles. The van der Waals surface area contributed by atoms with E-state index in [0.717, 1.165) is 21.6 Å². The van der Waals surface area contributed by atoms with Crippen LogP contribution < -0.4 is 5.76 Å². The molecule has 3 rings (SSSR count). The van der Waals surface area contributed by atoms with Crippen LogP contribution >= 0.6 is 0 Å². The van der Waals surface area contributed by atoms with E-state index in [0.29, 0.717) is 0 Å². The zero-order chi connectivity index (χ0) is 14.1. The minimum Gasteiger partial charge on any atom is -0.387 e. The van der Waals surface area contributed by atoms with Crippen molar-refractivity contribution in [1.29, 1.82) is 0 Å². The van der Waals surface area contributed by atoms with Gasteiger partial charge in [-0.3, -0.25) is 0 Å². The highest BCUT2D eigenvalue weighted by molar-refractivity contribution is 5.51. The van der Waals surface area contributed by atoms with Crippen LogP contribution in [0.2, 0.25) is 0 Å². The van der Waals surface area contributed by atoms with Crippen molar-refractivity contribution < 1.29 is 4.42 Å². The standard InChI is InChI=1S/C14H12N4O2/c1-9-8-10(2)16-13(15-9)18-14(19)20-12(17-18)11-6-4-3-5-7-11/h3-8H,1-2H3. The molecule has 100 valence electrons. The van der Waals surface area contributed by atoms with Gasteiger partial charge >= 0.3 is 5.76 Å². The van der Waals surface area contributed by atoms with E-state index in [1.807, 2.05) is 50.2 Å². The first-order valence-corrected chi connectivity index (χ1v) is 6.12. The predicted octanol–water partition coefficient (Wildman–Crippen LogP) is 1.90. The van der Waals surface area contributed by atoms with Gasteiger partial charge in [0.2, 0.25) is 5.89 Å². The first kappa shape index (κ1) is 12.3. The Labute approximate surface area is 114 Å². The molecule has 0 radical (unpaired) electrons. The lowest BCUT2D eigenvalue weighted by molar-refractivity contribution is 0.513. The van der Waals surface area contributed by atoms with Gasteiger partial charge in [0.05, 0.1) is 0 Å². The maximum absolute atomic E-state index is 11.9. The second kappa shape index (κ2) is 4.73. The SMILES string of the molecule is Cc1cc(C)nc(-n2nc(-c3ccccc3)oc2=O)n1. The Morgan fingerprint density at radius 3 is 2.35 bits per heavy atom. The second-order valence-corrected chi connectivity index (χ2v) is 4.40. The van der Waals surface area contributed by atoms with Crippen LogP contribution in [0.3, 0.4) is 0 Å². The van der Waals surface area contributed by atoms with E-state index in [-0.39, 0.29) is 11.8 Å². The first-order chi connectivity index (χ1) is 9.63. The average molecular weight is 268 g/mol. The Hall–Kier alpha value is -2.76. The molecule has 0 N–H and O–H groups in total.